The van der Waals surface area contributed by atoms with Gasteiger partial charge in [-0.1, -0.05) is 42.5 Å². The van der Waals surface area contributed by atoms with Gasteiger partial charge in [-0.25, -0.2) is 0 Å². The van der Waals surface area contributed by atoms with Gasteiger partial charge in [0.25, 0.3) is 0 Å². The van der Waals surface area contributed by atoms with E-state index in [4.69, 9.17) is 9.84 Å². The SMILES string of the molecule is Cc1cc(CCCC(=O)O)cc(C)c1OCc1ccccc1. The molecule has 2 rings (SSSR count). The normalized spacial score (nSPS) is 10.5. The highest BCUT2D eigenvalue weighted by atomic mass is 16.5. The zero-order valence-electron chi connectivity index (χ0n) is 13.1. The third-order valence-electron chi connectivity index (χ3n) is 3.60. The summed E-state index contributed by atoms with van der Waals surface area (Å²) in [5.74, 6) is 0.182. The Hall–Kier alpha value is -2.29. The average Bonchev–Trinajstić information content (AvgIpc) is 2.47. The third-order valence-corrected chi connectivity index (χ3v) is 3.60. The van der Waals surface area contributed by atoms with E-state index < -0.39 is 5.97 Å². The molecule has 3 nitrogen and oxygen atoms in total. The Balaban J connectivity index is 2.01. The molecule has 0 saturated carbocycles. The summed E-state index contributed by atoms with van der Waals surface area (Å²) in [4.78, 5) is 10.6. The first kappa shape index (κ1) is 16.1. The van der Waals surface area contributed by atoms with E-state index in [9.17, 15) is 4.79 Å². The predicted molar refractivity (Wildman–Crippen MR) is 87.3 cm³/mol. The zero-order valence-corrected chi connectivity index (χ0v) is 13.1. The smallest absolute Gasteiger partial charge is 0.303 e. The van der Waals surface area contributed by atoms with Crippen LogP contribution in [0, 0.1) is 13.8 Å². The van der Waals surface area contributed by atoms with Crippen LogP contribution < -0.4 is 4.74 Å². The van der Waals surface area contributed by atoms with Crippen LogP contribution in [0.1, 0.15) is 35.1 Å². The maximum Gasteiger partial charge on any atom is 0.303 e. The number of ether oxygens (including phenoxy) is 1. The zero-order chi connectivity index (χ0) is 15.9. The monoisotopic (exact) mass is 298 g/mol. The summed E-state index contributed by atoms with van der Waals surface area (Å²) in [7, 11) is 0. The Kier molecular flexibility index (Phi) is 5.59. The summed E-state index contributed by atoms with van der Waals surface area (Å²) < 4.78 is 5.96. The van der Waals surface area contributed by atoms with E-state index in [1.807, 2.05) is 44.2 Å². The van der Waals surface area contributed by atoms with Crippen molar-refractivity contribution in [3.05, 3.63) is 64.7 Å². The van der Waals surface area contributed by atoms with Crippen molar-refractivity contribution in [2.24, 2.45) is 0 Å². The van der Waals surface area contributed by atoms with Gasteiger partial charge in [0, 0.05) is 6.42 Å². The average molecular weight is 298 g/mol. The lowest BCUT2D eigenvalue weighted by Crippen LogP contribution is -2.01. The van der Waals surface area contributed by atoms with Gasteiger partial charge in [-0.15, -0.1) is 0 Å². The minimum atomic E-state index is -0.740. The number of carbonyl (C=O) groups is 1. The Labute approximate surface area is 131 Å². The molecule has 0 aliphatic rings. The van der Waals surface area contributed by atoms with Crippen LogP contribution in [0.15, 0.2) is 42.5 Å². The van der Waals surface area contributed by atoms with Crippen molar-refractivity contribution in [3.63, 3.8) is 0 Å². The second-order valence-electron chi connectivity index (χ2n) is 5.58. The second kappa shape index (κ2) is 7.64. The standard InChI is InChI=1S/C19H22O3/c1-14-11-17(9-6-10-18(20)21)12-15(2)19(14)22-13-16-7-4-3-5-8-16/h3-5,7-8,11-12H,6,9-10,13H2,1-2H3,(H,20,21). The van der Waals surface area contributed by atoms with Gasteiger partial charge in [0.15, 0.2) is 0 Å². The first-order chi connectivity index (χ1) is 10.6. The number of carboxylic acids is 1. The van der Waals surface area contributed by atoms with Gasteiger partial charge in [-0.3, -0.25) is 4.79 Å². The van der Waals surface area contributed by atoms with Crippen LogP contribution in [-0.4, -0.2) is 11.1 Å². The van der Waals surface area contributed by atoms with Gasteiger partial charge in [0.1, 0.15) is 12.4 Å². The molecule has 3 heteroatoms. The van der Waals surface area contributed by atoms with Gasteiger partial charge >= 0.3 is 5.97 Å². The first-order valence-corrected chi connectivity index (χ1v) is 7.55. The Morgan fingerprint density at radius 1 is 1.05 bits per heavy atom. The minimum absolute atomic E-state index is 0.213. The molecule has 2 aromatic carbocycles. The fourth-order valence-corrected chi connectivity index (χ4v) is 2.59. The molecular formula is C19H22O3. The van der Waals surface area contributed by atoms with Crippen LogP contribution in [0.3, 0.4) is 0 Å². The quantitative estimate of drug-likeness (QED) is 0.829. The van der Waals surface area contributed by atoms with Gasteiger partial charge in [-0.05, 0) is 48.9 Å². The number of benzene rings is 2. The fourth-order valence-electron chi connectivity index (χ4n) is 2.59. The topological polar surface area (TPSA) is 46.5 Å². The van der Waals surface area contributed by atoms with E-state index in [-0.39, 0.29) is 6.42 Å². The molecule has 0 fully saturated rings. The summed E-state index contributed by atoms with van der Waals surface area (Å²) in [6.45, 7) is 4.63. The van der Waals surface area contributed by atoms with Crippen molar-refractivity contribution in [3.8, 4) is 5.75 Å². The van der Waals surface area contributed by atoms with Gasteiger partial charge in [-0.2, -0.15) is 0 Å². The van der Waals surface area contributed by atoms with Crippen LogP contribution in [0.4, 0.5) is 0 Å². The fraction of sp³-hybridized carbons (Fsp3) is 0.316. The molecule has 0 saturated heterocycles. The van der Waals surface area contributed by atoms with Crippen molar-refractivity contribution in [1.82, 2.24) is 0 Å². The molecule has 0 atom stereocenters. The molecule has 0 aliphatic carbocycles. The van der Waals surface area contributed by atoms with Gasteiger partial charge < -0.3 is 9.84 Å². The van der Waals surface area contributed by atoms with Crippen LogP contribution in [0.25, 0.3) is 0 Å². The van der Waals surface area contributed by atoms with Crippen molar-refractivity contribution in [2.75, 3.05) is 0 Å². The van der Waals surface area contributed by atoms with E-state index in [2.05, 4.69) is 12.1 Å². The number of rotatable bonds is 7. The summed E-state index contributed by atoms with van der Waals surface area (Å²) in [6, 6.07) is 14.3. The van der Waals surface area contributed by atoms with Crippen LogP contribution in [0.5, 0.6) is 5.75 Å². The highest BCUT2D eigenvalue weighted by Gasteiger charge is 2.07. The molecule has 0 radical (unpaired) electrons. The number of aliphatic carboxylic acids is 1. The molecule has 0 aromatic heterocycles. The van der Waals surface area contributed by atoms with E-state index in [0.29, 0.717) is 13.0 Å². The molecule has 1 N–H and O–H groups in total. The van der Waals surface area contributed by atoms with Gasteiger partial charge in [0.05, 0.1) is 0 Å². The molecule has 0 spiro atoms. The van der Waals surface area contributed by atoms with Crippen molar-refractivity contribution < 1.29 is 14.6 Å². The number of hydrogen-bond donors (Lipinski definition) is 1. The van der Waals surface area contributed by atoms with Crippen LogP contribution in [-0.2, 0) is 17.8 Å². The summed E-state index contributed by atoms with van der Waals surface area (Å²) >= 11 is 0. The molecule has 0 heterocycles. The summed E-state index contributed by atoms with van der Waals surface area (Å²) in [6.07, 6.45) is 1.66. The lowest BCUT2D eigenvalue weighted by Gasteiger charge is -2.14. The van der Waals surface area contributed by atoms with E-state index >= 15 is 0 Å². The van der Waals surface area contributed by atoms with Crippen molar-refractivity contribution in [2.45, 2.75) is 39.7 Å². The molecule has 116 valence electrons. The highest BCUT2D eigenvalue weighted by molar-refractivity contribution is 5.66. The minimum Gasteiger partial charge on any atom is -0.488 e. The summed E-state index contributed by atoms with van der Waals surface area (Å²) in [5, 5.41) is 8.70. The Morgan fingerprint density at radius 3 is 2.27 bits per heavy atom. The number of aryl methyl sites for hydroxylation is 3. The number of hydrogen-bond acceptors (Lipinski definition) is 2. The Morgan fingerprint density at radius 2 is 1.68 bits per heavy atom. The molecule has 0 bridgehead atoms. The van der Waals surface area contributed by atoms with Crippen molar-refractivity contribution >= 4 is 5.97 Å². The first-order valence-electron chi connectivity index (χ1n) is 7.55. The lowest BCUT2D eigenvalue weighted by molar-refractivity contribution is -0.137. The van der Waals surface area contributed by atoms with Crippen molar-refractivity contribution in [1.29, 1.82) is 0 Å². The Bertz CT molecular complexity index is 609. The molecule has 0 unspecified atom stereocenters. The molecule has 2 aromatic rings. The molecular weight excluding hydrogens is 276 g/mol. The second-order valence-corrected chi connectivity index (χ2v) is 5.58. The van der Waals surface area contributed by atoms with Crippen LogP contribution in [0.2, 0.25) is 0 Å². The third kappa shape index (κ3) is 4.62. The van der Waals surface area contributed by atoms with E-state index in [1.54, 1.807) is 0 Å². The highest BCUT2D eigenvalue weighted by Crippen LogP contribution is 2.26. The number of carboxylic acid groups (broad SMARTS) is 1. The van der Waals surface area contributed by atoms with E-state index in [1.165, 1.54) is 5.56 Å². The van der Waals surface area contributed by atoms with Crippen LogP contribution >= 0.6 is 0 Å². The maximum absolute atomic E-state index is 10.6. The lowest BCUT2D eigenvalue weighted by atomic mass is 10.0. The summed E-state index contributed by atoms with van der Waals surface area (Å²) in [5.41, 5.74) is 4.51. The molecule has 0 amide bonds. The molecule has 0 aliphatic heterocycles. The molecule has 22 heavy (non-hydrogen) atoms. The van der Waals surface area contributed by atoms with E-state index in [0.717, 1.165) is 28.9 Å². The maximum atomic E-state index is 10.6. The van der Waals surface area contributed by atoms with Gasteiger partial charge in [0.2, 0.25) is 0 Å². The predicted octanol–water partition coefficient (Wildman–Crippen LogP) is 4.29. The largest absolute Gasteiger partial charge is 0.488 e.